The van der Waals surface area contributed by atoms with Crippen molar-refractivity contribution in [2.24, 2.45) is 0 Å². The molecule has 34 heavy (non-hydrogen) atoms. The number of carboxylic acid groups (broad SMARTS) is 1. The van der Waals surface area contributed by atoms with Crippen LogP contribution in [-0.2, 0) is 9.53 Å². The van der Waals surface area contributed by atoms with Crippen LogP contribution < -0.4 is 14.9 Å². The Morgan fingerprint density at radius 2 is 1.88 bits per heavy atom. The molecule has 2 atom stereocenters. The van der Waals surface area contributed by atoms with Gasteiger partial charge in [-0.25, -0.2) is 4.79 Å². The first kappa shape index (κ1) is 25.0. The van der Waals surface area contributed by atoms with Gasteiger partial charge in [0.25, 0.3) is 0 Å². The lowest BCUT2D eigenvalue weighted by Crippen LogP contribution is -2.21. The van der Waals surface area contributed by atoms with Crippen molar-refractivity contribution in [1.29, 1.82) is 0 Å². The van der Waals surface area contributed by atoms with Gasteiger partial charge in [-0.15, -0.1) is 0 Å². The van der Waals surface area contributed by atoms with Crippen molar-refractivity contribution >= 4 is 16.9 Å². The van der Waals surface area contributed by atoms with Crippen LogP contribution in [0.4, 0.5) is 0 Å². The number of fused-ring (bicyclic) bond motifs is 1. The number of methoxy groups -OCH3 is 1. The summed E-state index contributed by atoms with van der Waals surface area (Å²) in [6.45, 7) is 1.02. The van der Waals surface area contributed by atoms with Crippen molar-refractivity contribution < 1.29 is 43.8 Å². The predicted molar refractivity (Wildman–Crippen MR) is 122 cm³/mol. The average molecular weight is 474 g/mol. The summed E-state index contributed by atoms with van der Waals surface area (Å²) in [6.07, 6.45) is -1.11. The van der Waals surface area contributed by atoms with Crippen molar-refractivity contribution in [3.63, 3.8) is 0 Å². The van der Waals surface area contributed by atoms with Gasteiger partial charge < -0.3 is 39.1 Å². The summed E-state index contributed by atoms with van der Waals surface area (Å²) in [5.74, 6) is -0.979. The molecule has 0 fully saturated rings. The fourth-order valence-electron chi connectivity index (χ4n) is 3.41. The Morgan fingerprint density at radius 3 is 2.56 bits per heavy atom. The molecule has 1 heterocycles. The van der Waals surface area contributed by atoms with Crippen molar-refractivity contribution in [3.05, 3.63) is 52.2 Å². The number of benzene rings is 2. The standard InChI is InChI=1S/C24H26O10/c1-13(10-31-2)17-4-3-14(5-21(17)33-12-23(29)30)20-8-19(28)24-18(27)6-16(7-22(24)34-20)32-11-15(26)9-25/h3-8,13,15,25-27H,9-12H2,1-2H3,(H,29,30). The number of ether oxygens (including phenoxy) is 3. The minimum atomic E-state index is -1.14. The summed E-state index contributed by atoms with van der Waals surface area (Å²) >= 11 is 0. The lowest BCUT2D eigenvalue weighted by atomic mass is 9.98. The Bertz CT molecular complexity index is 1220. The maximum absolute atomic E-state index is 12.7. The number of aliphatic hydroxyl groups is 2. The normalized spacial score (nSPS) is 12.9. The minimum absolute atomic E-state index is 0.0424. The SMILES string of the molecule is COCC(C)c1ccc(-c2cc(=O)c3c(O)cc(OCC(O)CO)cc3o2)cc1OCC(=O)O. The van der Waals surface area contributed by atoms with E-state index in [1.165, 1.54) is 18.2 Å². The molecule has 3 rings (SSSR count). The van der Waals surface area contributed by atoms with Crippen LogP contribution >= 0.6 is 0 Å². The van der Waals surface area contributed by atoms with Crippen LogP contribution in [0.3, 0.4) is 0 Å². The molecule has 10 heteroatoms. The van der Waals surface area contributed by atoms with Crippen molar-refractivity contribution in [2.45, 2.75) is 18.9 Å². The largest absolute Gasteiger partial charge is 0.507 e. The molecule has 0 radical (unpaired) electrons. The lowest BCUT2D eigenvalue weighted by molar-refractivity contribution is -0.139. The van der Waals surface area contributed by atoms with Gasteiger partial charge in [0.05, 0.1) is 13.2 Å². The summed E-state index contributed by atoms with van der Waals surface area (Å²) in [5.41, 5.74) is 0.723. The number of aliphatic carboxylic acids is 1. The number of phenolic OH excluding ortho intramolecular Hbond substituents is 1. The van der Waals surface area contributed by atoms with E-state index in [0.29, 0.717) is 17.9 Å². The summed E-state index contributed by atoms with van der Waals surface area (Å²) < 4.78 is 21.9. The molecule has 10 nitrogen and oxygen atoms in total. The van der Waals surface area contributed by atoms with Gasteiger partial charge in [-0.3, -0.25) is 4.79 Å². The second-order valence-corrected chi connectivity index (χ2v) is 7.73. The number of carboxylic acids is 1. The van der Waals surface area contributed by atoms with Gasteiger partial charge >= 0.3 is 5.97 Å². The van der Waals surface area contributed by atoms with Crippen LogP contribution in [0, 0.1) is 0 Å². The summed E-state index contributed by atoms with van der Waals surface area (Å²) in [6, 6.07) is 8.84. The first-order valence-corrected chi connectivity index (χ1v) is 10.4. The van der Waals surface area contributed by atoms with Gasteiger partial charge in [0.2, 0.25) is 0 Å². The molecule has 2 unspecified atom stereocenters. The van der Waals surface area contributed by atoms with Crippen LogP contribution in [0.25, 0.3) is 22.3 Å². The molecular formula is C24H26O10. The Labute approximate surface area is 194 Å². The van der Waals surface area contributed by atoms with E-state index in [0.717, 1.165) is 5.56 Å². The molecule has 1 aromatic heterocycles. The van der Waals surface area contributed by atoms with Gasteiger partial charge in [0, 0.05) is 36.8 Å². The fraction of sp³-hybridized carbons (Fsp3) is 0.333. The van der Waals surface area contributed by atoms with E-state index < -0.39 is 30.7 Å². The van der Waals surface area contributed by atoms with Gasteiger partial charge in [-0.1, -0.05) is 19.1 Å². The highest BCUT2D eigenvalue weighted by atomic mass is 16.5. The van der Waals surface area contributed by atoms with Gasteiger partial charge in [0.1, 0.15) is 46.7 Å². The van der Waals surface area contributed by atoms with E-state index in [4.69, 9.17) is 28.8 Å². The van der Waals surface area contributed by atoms with Crippen LogP contribution in [0.1, 0.15) is 18.4 Å². The van der Waals surface area contributed by atoms with Gasteiger partial charge in [-0.05, 0) is 11.6 Å². The van der Waals surface area contributed by atoms with Gasteiger partial charge in [-0.2, -0.15) is 0 Å². The van der Waals surface area contributed by atoms with Crippen LogP contribution in [0.5, 0.6) is 17.2 Å². The zero-order chi connectivity index (χ0) is 24.8. The number of hydrogen-bond donors (Lipinski definition) is 4. The Morgan fingerprint density at radius 1 is 1.12 bits per heavy atom. The molecule has 0 spiro atoms. The molecule has 0 aliphatic rings. The highest BCUT2D eigenvalue weighted by Gasteiger charge is 2.18. The van der Waals surface area contributed by atoms with Crippen molar-refractivity contribution in [2.75, 3.05) is 33.5 Å². The van der Waals surface area contributed by atoms with E-state index in [1.807, 2.05) is 6.92 Å². The number of aromatic hydroxyl groups is 1. The highest BCUT2D eigenvalue weighted by Crippen LogP contribution is 2.35. The smallest absolute Gasteiger partial charge is 0.341 e. The number of rotatable bonds is 11. The predicted octanol–water partition coefficient (Wildman–Crippen LogP) is 2.11. The summed E-state index contributed by atoms with van der Waals surface area (Å²) in [4.78, 5) is 23.7. The van der Waals surface area contributed by atoms with Crippen molar-refractivity contribution in [3.8, 4) is 28.6 Å². The Balaban J connectivity index is 2.05. The molecule has 0 aliphatic carbocycles. The first-order chi connectivity index (χ1) is 16.2. The monoisotopic (exact) mass is 474 g/mol. The molecule has 182 valence electrons. The van der Waals surface area contributed by atoms with Crippen LogP contribution in [-0.4, -0.2) is 66.0 Å². The topological polar surface area (TPSA) is 156 Å². The molecule has 0 aliphatic heterocycles. The van der Waals surface area contributed by atoms with E-state index in [2.05, 4.69) is 0 Å². The molecule has 0 bridgehead atoms. The zero-order valence-corrected chi connectivity index (χ0v) is 18.7. The molecule has 4 N–H and O–H groups in total. The summed E-state index contributed by atoms with van der Waals surface area (Å²) in [7, 11) is 1.56. The van der Waals surface area contributed by atoms with Crippen LogP contribution in [0.15, 0.2) is 45.6 Å². The number of hydrogen-bond acceptors (Lipinski definition) is 9. The van der Waals surface area contributed by atoms with E-state index in [9.17, 15) is 19.8 Å². The highest BCUT2D eigenvalue weighted by molar-refractivity contribution is 5.86. The lowest BCUT2D eigenvalue weighted by Gasteiger charge is -2.17. The van der Waals surface area contributed by atoms with Crippen LogP contribution in [0.2, 0.25) is 0 Å². The summed E-state index contributed by atoms with van der Waals surface area (Å²) in [5, 5.41) is 37.7. The third-order valence-electron chi connectivity index (χ3n) is 5.03. The first-order valence-electron chi connectivity index (χ1n) is 10.4. The fourth-order valence-corrected chi connectivity index (χ4v) is 3.41. The molecular weight excluding hydrogens is 448 g/mol. The molecule has 0 amide bonds. The van der Waals surface area contributed by atoms with E-state index >= 15 is 0 Å². The molecule has 0 saturated carbocycles. The van der Waals surface area contributed by atoms with E-state index in [1.54, 1.807) is 25.3 Å². The van der Waals surface area contributed by atoms with E-state index in [-0.39, 0.29) is 40.8 Å². The maximum Gasteiger partial charge on any atom is 0.341 e. The van der Waals surface area contributed by atoms with Crippen molar-refractivity contribution in [1.82, 2.24) is 0 Å². The number of aliphatic hydroxyl groups excluding tert-OH is 2. The Kier molecular flexibility index (Phi) is 8.11. The maximum atomic E-state index is 12.7. The third-order valence-corrected chi connectivity index (χ3v) is 5.03. The average Bonchev–Trinajstić information content (AvgIpc) is 2.80. The second-order valence-electron chi connectivity index (χ2n) is 7.73. The third kappa shape index (κ3) is 5.84. The number of carbonyl (C=O) groups is 1. The molecule has 0 saturated heterocycles. The minimum Gasteiger partial charge on any atom is -0.507 e. The van der Waals surface area contributed by atoms with Gasteiger partial charge in [0.15, 0.2) is 12.0 Å². The molecule has 3 aromatic rings. The zero-order valence-electron chi connectivity index (χ0n) is 18.7. The molecule has 2 aromatic carbocycles. The quantitative estimate of drug-likeness (QED) is 0.325. The Hall–Kier alpha value is -3.60. The number of phenols is 1. The second kappa shape index (κ2) is 11.0.